The molecule has 1 aromatic heterocycles. The minimum atomic E-state index is -3.07. The molecule has 27 heavy (non-hydrogen) atoms. The number of halogens is 4. The molecule has 0 aliphatic carbocycles. The van der Waals surface area contributed by atoms with Crippen molar-refractivity contribution in [2.24, 2.45) is 0 Å². The van der Waals surface area contributed by atoms with E-state index in [9.17, 15) is 18.0 Å². The molecule has 2 aromatic carbocycles. The summed E-state index contributed by atoms with van der Waals surface area (Å²) in [6, 6.07) is 6.68. The zero-order valence-electron chi connectivity index (χ0n) is 13.8. The molecule has 0 radical (unpaired) electrons. The van der Waals surface area contributed by atoms with E-state index in [-0.39, 0.29) is 16.5 Å². The number of carbonyl (C=O) groups is 1. The smallest absolute Gasteiger partial charge is 0.387 e. The van der Waals surface area contributed by atoms with Crippen LogP contribution in [0.15, 0.2) is 36.7 Å². The van der Waals surface area contributed by atoms with Gasteiger partial charge in [0, 0.05) is 24.1 Å². The average Bonchev–Trinajstić information content (AvgIpc) is 2.58. The molecule has 1 heterocycles. The van der Waals surface area contributed by atoms with Crippen molar-refractivity contribution >= 4 is 45.6 Å². The first-order valence-electron chi connectivity index (χ1n) is 7.56. The number of benzene rings is 2. The van der Waals surface area contributed by atoms with Gasteiger partial charge in [0.1, 0.15) is 18.0 Å². The molecule has 0 bridgehead atoms. The van der Waals surface area contributed by atoms with Crippen LogP contribution in [0.1, 0.15) is 6.92 Å². The summed E-state index contributed by atoms with van der Waals surface area (Å²) in [5.74, 6) is -0.971. The molecule has 3 rings (SSSR count). The Morgan fingerprint density at radius 2 is 2.00 bits per heavy atom. The van der Waals surface area contributed by atoms with Gasteiger partial charge in [0.2, 0.25) is 5.91 Å². The maximum Gasteiger partial charge on any atom is 0.387 e. The zero-order valence-corrected chi connectivity index (χ0v) is 14.5. The SMILES string of the molecule is CC(=O)Nc1cc2c(Nc3ccc(F)c(Cl)c3)ncnc2cc1OC(F)F. The lowest BCUT2D eigenvalue weighted by atomic mass is 10.2. The van der Waals surface area contributed by atoms with E-state index in [1.54, 1.807) is 0 Å². The van der Waals surface area contributed by atoms with Crippen molar-refractivity contribution in [3.8, 4) is 5.75 Å². The Kier molecular flexibility index (Phi) is 5.31. The lowest BCUT2D eigenvalue weighted by molar-refractivity contribution is -0.114. The number of rotatable bonds is 5. The Bertz CT molecular complexity index is 1020. The Hall–Kier alpha value is -3.07. The summed E-state index contributed by atoms with van der Waals surface area (Å²) in [5, 5.41) is 5.72. The number of aromatic nitrogens is 2. The number of alkyl halides is 2. The van der Waals surface area contributed by atoms with Crippen LogP contribution in [0.25, 0.3) is 10.9 Å². The highest BCUT2D eigenvalue weighted by atomic mass is 35.5. The molecule has 3 aromatic rings. The summed E-state index contributed by atoms with van der Waals surface area (Å²) in [4.78, 5) is 19.5. The molecule has 0 saturated carbocycles. The Balaban J connectivity index is 2.07. The van der Waals surface area contributed by atoms with E-state index >= 15 is 0 Å². The molecule has 6 nitrogen and oxygen atoms in total. The van der Waals surface area contributed by atoms with Gasteiger partial charge in [-0.1, -0.05) is 11.6 Å². The summed E-state index contributed by atoms with van der Waals surface area (Å²) in [6.45, 7) is -1.84. The second-order valence-corrected chi connectivity index (χ2v) is 5.81. The summed E-state index contributed by atoms with van der Waals surface area (Å²) < 4.78 is 43.1. The van der Waals surface area contributed by atoms with E-state index in [2.05, 4.69) is 25.3 Å². The first kappa shape index (κ1) is 18.7. The van der Waals surface area contributed by atoms with Gasteiger partial charge in [0.25, 0.3) is 0 Å². The number of amides is 1. The minimum Gasteiger partial charge on any atom is -0.433 e. The lowest BCUT2D eigenvalue weighted by Gasteiger charge is -2.14. The number of hydrogen-bond acceptors (Lipinski definition) is 5. The molecule has 10 heteroatoms. The third kappa shape index (κ3) is 4.37. The summed E-state index contributed by atoms with van der Waals surface area (Å²) in [5.41, 5.74) is 0.783. The maximum absolute atomic E-state index is 13.3. The highest BCUT2D eigenvalue weighted by Gasteiger charge is 2.15. The van der Waals surface area contributed by atoms with E-state index in [1.807, 2.05) is 0 Å². The van der Waals surface area contributed by atoms with E-state index in [0.717, 1.165) is 0 Å². The third-order valence-corrected chi connectivity index (χ3v) is 3.74. The first-order chi connectivity index (χ1) is 12.8. The number of carbonyl (C=O) groups excluding carboxylic acids is 1. The quantitative estimate of drug-likeness (QED) is 0.652. The molecular weight excluding hydrogens is 385 g/mol. The standard InChI is InChI=1S/C17H12ClF3N4O2/c1-8(26)24-14-5-10-13(6-15(14)27-17(20)21)22-7-23-16(10)25-9-2-3-12(19)11(18)4-9/h2-7,17H,1H3,(H,24,26)(H,22,23,25). The molecule has 2 N–H and O–H groups in total. The summed E-state index contributed by atoms with van der Waals surface area (Å²) >= 11 is 5.77. The van der Waals surface area contributed by atoms with Crippen molar-refractivity contribution < 1.29 is 22.7 Å². The van der Waals surface area contributed by atoms with E-state index in [1.165, 1.54) is 43.6 Å². The van der Waals surface area contributed by atoms with Crippen LogP contribution in [0.3, 0.4) is 0 Å². The molecule has 0 spiro atoms. The molecule has 0 atom stereocenters. The van der Waals surface area contributed by atoms with Gasteiger partial charge in [-0.05, 0) is 24.3 Å². The molecule has 0 unspecified atom stereocenters. The zero-order chi connectivity index (χ0) is 19.6. The van der Waals surface area contributed by atoms with Crippen LogP contribution >= 0.6 is 11.6 Å². The van der Waals surface area contributed by atoms with Crippen molar-refractivity contribution in [1.29, 1.82) is 0 Å². The van der Waals surface area contributed by atoms with Gasteiger partial charge in [-0.25, -0.2) is 14.4 Å². The predicted molar refractivity (Wildman–Crippen MR) is 95.2 cm³/mol. The third-order valence-electron chi connectivity index (χ3n) is 3.45. The number of anilines is 3. The van der Waals surface area contributed by atoms with Crippen molar-refractivity contribution in [3.63, 3.8) is 0 Å². The number of nitrogens with zero attached hydrogens (tertiary/aromatic N) is 2. The van der Waals surface area contributed by atoms with Crippen LogP contribution in [0.4, 0.5) is 30.4 Å². The molecular formula is C17H12ClF3N4O2. The molecule has 140 valence electrons. The lowest BCUT2D eigenvalue weighted by Crippen LogP contribution is -2.10. The Morgan fingerprint density at radius 1 is 1.22 bits per heavy atom. The molecule has 1 amide bonds. The van der Waals surface area contributed by atoms with Crippen molar-refractivity contribution in [3.05, 3.63) is 47.5 Å². The maximum atomic E-state index is 13.3. The monoisotopic (exact) mass is 396 g/mol. The molecule has 0 saturated heterocycles. The summed E-state index contributed by atoms with van der Waals surface area (Å²) in [6.07, 6.45) is 1.22. The van der Waals surface area contributed by atoms with E-state index in [0.29, 0.717) is 22.4 Å². The fraction of sp³-hybridized carbons (Fsp3) is 0.118. The molecule has 0 aliphatic heterocycles. The topological polar surface area (TPSA) is 76.1 Å². The molecule has 0 fully saturated rings. The van der Waals surface area contributed by atoms with Crippen molar-refractivity contribution in [1.82, 2.24) is 9.97 Å². The molecule has 0 aliphatic rings. The largest absolute Gasteiger partial charge is 0.433 e. The normalized spacial score (nSPS) is 10.9. The van der Waals surface area contributed by atoms with Crippen LogP contribution in [0, 0.1) is 5.82 Å². The van der Waals surface area contributed by atoms with Gasteiger partial charge in [0.15, 0.2) is 5.75 Å². The van der Waals surface area contributed by atoms with Gasteiger partial charge < -0.3 is 15.4 Å². The van der Waals surface area contributed by atoms with Crippen LogP contribution in [-0.2, 0) is 4.79 Å². The highest BCUT2D eigenvalue weighted by molar-refractivity contribution is 6.31. The van der Waals surface area contributed by atoms with E-state index in [4.69, 9.17) is 11.6 Å². The second kappa shape index (κ2) is 7.67. The van der Waals surface area contributed by atoms with Crippen LogP contribution in [0.2, 0.25) is 5.02 Å². The first-order valence-corrected chi connectivity index (χ1v) is 7.94. The highest BCUT2D eigenvalue weighted by Crippen LogP contribution is 2.34. The van der Waals surface area contributed by atoms with Gasteiger partial charge in [-0.2, -0.15) is 8.78 Å². The van der Waals surface area contributed by atoms with Crippen molar-refractivity contribution in [2.75, 3.05) is 10.6 Å². The van der Waals surface area contributed by atoms with Gasteiger partial charge >= 0.3 is 6.61 Å². The van der Waals surface area contributed by atoms with Gasteiger partial charge in [-0.3, -0.25) is 4.79 Å². The average molecular weight is 397 g/mol. The second-order valence-electron chi connectivity index (χ2n) is 5.40. The van der Waals surface area contributed by atoms with Crippen molar-refractivity contribution in [2.45, 2.75) is 13.5 Å². The fourth-order valence-electron chi connectivity index (χ4n) is 2.37. The number of ether oxygens (including phenoxy) is 1. The number of hydrogen-bond donors (Lipinski definition) is 2. The number of nitrogens with one attached hydrogen (secondary N) is 2. The Labute approximate surface area is 156 Å². The number of fused-ring (bicyclic) bond motifs is 1. The van der Waals surface area contributed by atoms with Crippen LogP contribution in [0.5, 0.6) is 5.75 Å². The van der Waals surface area contributed by atoms with Gasteiger partial charge in [0.05, 0.1) is 16.2 Å². The fourth-order valence-corrected chi connectivity index (χ4v) is 2.56. The summed E-state index contributed by atoms with van der Waals surface area (Å²) in [7, 11) is 0. The Morgan fingerprint density at radius 3 is 2.67 bits per heavy atom. The van der Waals surface area contributed by atoms with Gasteiger partial charge in [-0.15, -0.1) is 0 Å². The minimum absolute atomic E-state index is 0.0327. The van der Waals surface area contributed by atoms with Crippen LogP contribution in [-0.4, -0.2) is 22.5 Å². The predicted octanol–water partition coefficient (Wildman–Crippen LogP) is 4.73. The van der Waals surface area contributed by atoms with Crippen LogP contribution < -0.4 is 15.4 Å². The van der Waals surface area contributed by atoms with E-state index < -0.39 is 18.3 Å².